The standard InChI is InChI=1S/C16H14O4/c17-11-5-13(19)9-3-4-10-14(20)6-12(18)8-2-1-7(11)15(9)16(8)10/h5-6,17-20H,1-4H2. The van der Waals surface area contributed by atoms with E-state index in [1.165, 1.54) is 12.1 Å². The van der Waals surface area contributed by atoms with Gasteiger partial charge in [-0.05, 0) is 36.8 Å². The van der Waals surface area contributed by atoms with Gasteiger partial charge >= 0.3 is 0 Å². The smallest absolute Gasteiger partial charge is 0.123 e. The van der Waals surface area contributed by atoms with E-state index in [9.17, 15) is 20.4 Å². The van der Waals surface area contributed by atoms with Crippen molar-refractivity contribution in [2.45, 2.75) is 25.7 Å². The summed E-state index contributed by atoms with van der Waals surface area (Å²) >= 11 is 0. The Labute approximate surface area is 115 Å². The Morgan fingerprint density at radius 2 is 0.750 bits per heavy atom. The lowest BCUT2D eigenvalue weighted by Crippen LogP contribution is -2.14. The molecule has 0 aromatic heterocycles. The molecule has 4 nitrogen and oxygen atoms in total. The van der Waals surface area contributed by atoms with Crippen LogP contribution in [-0.2, 0) is 25.7 Å². The summed E-state index contributed by atoms with van der Waals surface area (Å²) < 4.78 is 0. The molecule has 20 heavy (non-hydrogen) atoms. The first-order chi connectivity index (χ1) is 9.58. The van der Waals surface area contributed by atoms with Gasteiger partial charge in [0.2, 0.25) is 0 Å². The second kappa shape index (κ2) is 3.60. The Hall–Kier alpha value is -2.36. The summed E-state index contributed by atoms with van der Waals surface area (Å²) in [4.78, 5) is 0. The molecule has 0 saturated heterocycles. The lowest BCUT2D eigenvalue weighted by Gasteiger charge is -2.31. The van der Waals surface area contributed by atoms with E-state index in [4.69, 9.17) is 0 Å². The molecule has 4 N–H and O–H groups in total. The van der Waals surface area contributed by atoms with Crippen LogP contribution in [0, 0.1) is 0 Å². The van der Waals surface area contributed by atoms with Crippen molar-refractivity contribution in [1.29, 1.82) is 0 Å². The van der Waals surface area contributed by atoms with Gasteiger partial charge in [-0.15, -0.1) is 0 Å². The van der Waals surface area contributed by atoms with Crippen LogP contribution < -0.4 is 0 Å². The number of benzene rings is 2. The molecule has 0 amide bonds. The van der Waals surface area contributed by atoms with Crippen molar-refractivity contribution in [2.24, 2.45) is 0 Å². The Morgan fingerprint density at radius 3 is 1.00 bits per heavy atom. The van der Waals surface area contributed by atoms with Crippen LogP contribution in [0.4, 0.5) is 0 Å². The van der Waals surface area contributed by atoms with E-state index >= 15 is 0 Å². The SMILES string of the molecule is Oc1cc(O)c2c3c1CCc1c(O)cc(O)c(c1-3)CC2. The molecule has 0 fully saturated rings. The average Bonchev–Trinajstić information content (AvgIpc) is 2.42. The molecule has 0 atom stereocenters. The van der Waals surface area contributed by atoms with Gasteiger partial charge in [-0.2, -0.15) is 0 Å². The van der Waals surface area contributed by atoms with E-state index < -0.39 is 0 Å². The van der Waals surface area contributed by atoms with Crippen molar-refractivity contribution in [2.75, 3.05) is 0 Å². The predicted molar refractivity (Wildman–Crippen MR) is 73.4 cm³/mol. The van der Waals surface area contributed by atoms with Crippen molar-refractivity contribution >= 4 is 0 Å². The summed E-state index contributed by atoms with van der Waals surface area (Å²) in [5, 5.41) is 40.2. The fourth-order valence-corrected chi connectivity index (χ4v) is 3.60. The van der Waals surface area contributed by atoms with Gasteiger partial charge in [0.1, 0.15) is 23.0 Å². The Morgan fingerprint density at radius 1 is 0.500 bits per heavy atom. The maximum absolute atomic E-state index is 10.1. The van der Waals surface area contributed by atoms with E-state index in [-0.39, 0.29) is 23.0 Å². The van der Waals surface area contributed by atoms with Crippen LogP contribution in [0.2, 0.25) is 0 Å². The molecule has 2 aliphatic carbocycles. The number of hydrogen-bond donors (Lipinski definition) is 4. The molecule has 2 aromatic rings. The number of aromatic hydroxyl groups is 4. The first-order valence-corrected chi connectivity index (χ1v) is 6.71. The molecular formula is C16H14O4. The monoisotopic (exact) mass is 270 g/mol. The third-order valence-electron chi connectivity index (χ3n) is 4.49. The summed E-state index contributed by atoms with van der Waals surface area (Å²) in [6, 6.07) is 2.79. The normalized spacial score (nSPS) is 15.0. The molecule has 2 aliphatic rings. The van der Waals surface area contributed by atoms with E-state index in [1.54, 1.807) is 0 Å². The highest BCUT2D eigenvalue weighted by molar-refractivity contribution is 5.87. The zero-order valence-corrected chi connectivity index (χ0v) is 10.8. The van der Waals surface area contributed by atoms with Crippen molar-refractivity contribution in [3.05, 3.63) is 34.4 Å². The van der Waals surface area contributed by atoms with Gasteiger partial charge < -0.3 is 20.4 Å². The minimum Gasteiger partial charge on any atom is -0.508 e. The molecule has 4 heteroatoms. The van der Waals surface area contributed by atoms with Crippen LogP contribution in [0.25, 0.3) is 11.1 Å². The number of hydrogen-bond acceptors (Lipinski definition) is 4. The molecular weight excluding hydrogens is 256 g/mol. The molecule has 0 saturated carbocycles. The zero-order chi connectivity index (χ0) is 14.0. The van der Waals surface area contributed by atoms with Crippen LogP contribution >= 0.6 is 0 Å². The molecule has 0 unspecified atom stereocenters. The average molecular weight is 270 g/mol. The molecule has 102 valence electrons. The summed E-state index contributed by atoms with van der Waals surface area (Å²) in [5.74, 6) is 0.343. The van der Waals surface area contributed by atoms with Crippen LogP contribution in [0.1, 0.15) is 22.3 Å². The summed E-state index contributed by atoms with van der Waals surface area (Å²) in [5.41, 5.74) is 4.81. The predicted octanol–water partition coefficient (Wildman–Crippen LogP) is 2.37. The summed E-state index contributed by atoms with van der Waals surface area (Å²) in [6.07, 6.45) is 2.50. The third-order valence-corrected chi connectivity index (χ3v) is 4.49. The third kappa shape index (κ3) is 1.26. The van der Waals surface area contributed by atoms with Crippen LogP contribution in [-0.4, -0.2) is 20.4 Å². The second-order valence-corrected chi connectivity index (χ2v) is 5.49. The molecule has 0 bridgehead atoms. The van der Waals surface area contributed by atoms with Gasteiger partial charge in [0.25, 0.3) is 0 Å². The fourth-order valence-electron chi connectivity index (χ4n) is 3.60. The highest BCUT2D eigenvalue weighted by Crippen LogP contribution is 2.52. The fraction of sp³-hybridized carbons (Fsp3) is 0.250. The van der Waals surface area contributed by atoms with Gasteiger partial charge in [0.05, 0.1) is 0 Å². The quantitative estimate of drug-likeness (QED) is 0.592. The molecule has 4 rings (SSSR count). The van der Waals surface area contributed by atoms with Gasteiger partial charge in [-0.25, -0.2) is 0 Å². The Bertz CT molecular complexity index is 640. The molecule has 0 spiro atoms. The first kappa shape index (κ1) is 11.5. The van der Waals surface area contributed by atoms with E-state index in [0.717, 1.165) is 33.4 Å². The van der Waals surface area contributed by atoms with Crippen molar-refractivity contribution in [1.82, 2.24) is 0 Å². The lowest BCUT2D eigenvalue weighted by atomic mass is 9.74. The van der Waals surface area contributed by atoms with Crippen LogP contribution in [0.5, 0.6) is 23.0 Å². The summed E-state index contributed by atoms with van der Waals surface area (Å²) in [7, 11) is 0. The molecule has 0 radical (unpaired) electrons. The number of phenolic OH excluding ortho intramolecular Hbond substituents is 4. The highest BCUT2D eigenvalue weighted by Gasteiger charge is 2.32. The number of rotatable bonds is 0. The maximum atomic E-state index is 10.1. The zero-order valence-electron chi connectivity index (χ0n) is 10.8. The largest absolute Gasteiger partial charge is 0.508 e. The minimum absolute atomic E-state index is 0.0857. The van der Waals surface area contributed by atoms with Crippen molar-refractivity contribution < 1.29 is 20.4 Å². The highest BCUT2D eigenvalue weighted by atomic mass is 16.3. The Balaban J connectivity index is 2.19. The van der Waals surface area contributed by atoms with Gasteiger partial charge in [0.15, 0.2) is 0 Å². The minimum atomic E-state index is 0.0857. The Kier molecular flexibility index (Phi) is 2.06. The van der Waals surface area contributed by atoms with E-state index in [1.807, 2.05) is 0 Å². The van der Waals surface area contributed by atoms with E-state index in [0.29, 0.717) is 25.7 Å². The number of phenols is 4. The van der Waals surface area contributed by atoms with Crippen molar-refractivity contribution in [3.8, 4) is 34.1 Å². The molecule has 0 heterocycles. The van der Waals surface area contributed by atoms with Gasteiger partial charge in [-0.1, -0.05) is 0 Å². The van der Waals surface area contributed by atoms with E-state index in [2.05, 4.69) is 0 Å². The van der Waals surface area contributed by atoms with Gasteiger partial charge in [-0.3, -0.25) is 0 Å². The van der Waals surface area contributed by atoms with Crippen LogP contribution in [0.15, 0.2) is 12.1 Å². The summed E-state index contributed by atoms with van der Waals surface area (Å²) in [6.45, 7) is 0. The van der Waals surface area contributed by atoms with Gasteiger partial charge in [0, 0.05) is 34.4 Å². The molecule has 2 aromatic carbocycles. The lowest BCUT2D eigenvalue weighted by molar-refractivity contribution is 0.431. The topological polar surface area (TPSA) is 80.9 Å². The van der Waals surface area contributed by atoms with Crippen LogP contribution in [0.3, 0.4) is 0 Å². The molecule has 0 aliphatic heterocycles. The maximum Gasteiger partial charge on any atom is 0.123 e. The van der Waals surface area contributed by atoms with Crippen molar-refractivity contribution in [3.63, 3.8) is 0 Å². The second-order valence-electron chi connectivity index (χ2n) is 5.49. The first-order valence-electron chi connectivity index (χ1n) is 6.71.